The van der Waals surface area contributed by atoms with Gasteiger partial charge in [-0.05, 0) is 26.2 Å². The molecule has 1 aliphatic carbocycles. The van der Waals surface area contributed by atoms with Crippen LogP contribution in [0.5, 0.6) is 0 Å². The zero-order valence-corrected chi connectivity index (χ0v) is 9.79. The molecular weight excluding hydrogens is 186 g/mol. The van der Waals surface area contributed by atoms with Crippen LogP contribution in [-0.2, 0) is 6.54 Å². The van der Waals surface area contributed by atoms with Gasteiger partial charge in [-0.2, -0.15) is 5.10 Å². The molecule has 3 heteroatoms. The Bertz CT molecular complexity index is 313. The lowest BCUT2D eigenvalue weighted by molar-refractivity contribution is 0.570. The fourth-order valence-electron chi connectivity index (χ4n) is 1.82. The highest BCUT2D eigenvalue weighted by atomic mass is 15.3. The molecule has 0 aromatic carbocycles. The third kappa shape index (κ3) is 2.52. The van der Waals surface area contributed by atoms with Gasteiger partial charge in [0.05, 0.1) is 5.69 Å². The van der Waals surface area contributed by atoms with E-state index in [4.69, 9.17) is 0 Å². The number of hydrogen-bond acceptors (Lipinski definition) is 2. The third-order valence-corrected chi connectivity index (χ3v) is 2.88. The van der Waals surface area contributed by atoms with Crippen molar-refractivity contribution in [2.45, 2.75) is 52.0 Å². The second-order valence-electron chi connectivity index (χ2n) is 4.34. The van der Waals surface area contributed by atoms with Crippen LogP contribution >= 0.6 is 0 Å². The van der Waals surface area contributed by atoms with E-state index in [0.29, 0.717) is 0 Å². The summed E-state index contributed by atoms with van der Waals surface area (Å²) >= 11 is 0. The summed E-state index contributed by atoms with van der Waals surface area (Å²) in [6, 6.07) is 2.23. The van der Waals surface area contributed by atoms with Crippen molar-refractivity contribution in [2.75, 3.05) is 11.9 Å². The summed E-state index contributed by atoms with van der Waals surface area (Å²) in [7, 11) is 0. The highest BCUT2D eigenvalue weighted by Gasteiger charge is 2.27. The van der Waals surface area contributed by atoms with Gasteiger partial charge in [0.2, 0.25) is 0 Å². The summed E-state index contributed by atoms with van der Waals surface area (Å²) in [4.78, 5) is 0. The van der Waals surface area contributed by atoms with E-state index in [1.807, 2.05) is 0 Å². The van der Waals surface area contributed by atoms with Gasteiger partial charge in [0.25, 0.3) is 0 Å². The smallest absolute Gasteiger partial charge is 0.124 e. The van der Waals surface area contributed by atoms with Gasteiger partial charge in [-0.15, -0.1) is 0 Å². The van der Waals surface area contributed by atoms with Gasteiger partial charge >= 0.3 is 0 Å². The van der Waals surface area contributed by atoms with Crippen LogP contribution < -0.4 is 5.32 Å². The van der Waals surface area contributed by atoms with Gasteiger partial charge in [-0.25, -0.2) is 4.68 Å². The molecule has 0 saturated heterocycles. The van der Waals surface area contributed by atoms with E-state index in [9.17, 15) is 0 Å². The minimum absolute atomic E-state index is 0.755. The average Bonchev–Trinajstić information content (AvgIpc) is 3.00. The predicted molar refractivity (Wildman–Crippen MR) is 63.3 cm³/mol. The summed E-state index contributed by atoms with van der Waals surface area (Å²) in [6.45, 7) is 6.37. The standard InChI is InChI=1S/C12H21N3/c1-3-5-8-15-12(13-4-2)9-11(14-15)10-6-7-10/h9-10,13H,3-8H2,1-2H3. The van der Waals surface area contributed by atoms with Gasteiger partial charge in [0, 0.05) is 25.1 Å². The minimum atomic E-state index is 0.755. The summed E-state index contributed by atoms with van der Waals surface area (Å²) < 4.78 is 2.14. The number of rotatable bonds is 6. The Kier molecular flexibility index (Phi) is 3.29. The molecule has 15 heavy (non-hydrogen) atoms. The van der Waals surface area contributed by atoms with Crippen molar-refractivity contribution < 1.29 is 0 Å². The molecule has 0 aliphatic heterocycles. The Morgan fingerprint density at radius 3 is 2.87 bits per heavy atom. The van der Waals surface area contributed by atoms with Crippen molar-refractivity contribution in [2.24, 2.45) is 0 Å². The van der Waals surface area contributed by atoms with Gasteiger partial charge < -0.3 is 5.32 Å². The number of aryl methyl sites for hydroxylation is 1. The van der Waals surface area contributed by atoms with Crippen LogP contribution in [0.1, 0.15) is 51.1 Å². The molecule has 0 spiro atoms. The monoisotopic (exact) mass is 207 g/mol. The number of hydrogen-bond donors (Lipinski definition) is 1. The Hall–Kier alpha value is -0.990. The second kappa shape index (κ2) is 4.69. The maximum absolute atomic E-state index is 4.68. The predicted octanol–water partition coefficient (Wildman–Crippen LogP) is 2.99. The van der Waals surface area contributed by atoms with Crippen LogP contribution in [0.25, 0.3) is 0 Å². The van der Waals surface area contributed by atoms with Crippen molar-refractivity contribution in [1.82, 2.24) is 9.78 Å². The van der Waals surface area contributed by atoms with E-state index in [2.05, 4.69) is 35.0 Å². The Balaban J connectivity index is 2.09. The molecule has 0 atom stereocenters. The van der Waals surface area contributed by atoms with Crippen LogP contribution in [-0.4, -0.2) is 16.3 Å². The van der Waals surface area contributed by atoms with E-state index in [1.54, 1.807) is 0 Å². The third-order valence-electron chi connectivity index (χ3n) is 2.88. The van der Waals surface area contributed by atoms with E-state index < -0.39 is 0 Å². The molecule has 1 aromatic rings. The van der Waals surface area contributed by atoms with Gasteiger partial charge in [-0.1, -0.05) is 13.3 Å². The maximum Gasteiger partial charge on any atom is 0.124 e. The maximum atomic E-state index is 4.68. The van der Waals surface area contributed by atoms with E-state index in [0.717, 1.165) is 19.0 Å². The first-order chi connectivity index (χ1) is 7.35. The molecule has 1 heterocycles. The van der Waals surface area contributed by atoms with Crippen LogP contribution in [0.4, 0.5) is 5.82 Å². The van der Waals surface area contributed by atoms with Crippen LogP contribution in [0, 0.1) is 0 Å². The number of unbranched alkanes of at least 4 members (excludes halogenated alkanes) is 1. The molecule has 0 bridgehead atoms. The fourth-order valence-corrected chi connectivity index (χ4v) is 1.82. The quantitative estimate of drug-likeness (QED) is 0.777. The first-order valence-corrected chi connectivity index (χ1v) is 6.16. The Morgan fingerprint density at radius 1 is 1.47 bits per heavy atom. The number of nitrogens with one attached hydrogen (secondary N) is 1. The molecule has 2 rings (SSSR count). The highest BCUT2D eigenvalue weighted by molar-refractivity contribution is 5.39. The first kappa shape index (κ1) is 10.5. The Morgan fingerprint density at radius 2 is 2.27 bits per heavy atom. The molecule has 1 aromatic heterocycles. The topological polar surface area (TPSA) is 29.9 Å². The molecular formula is C12H21N3. The second-order valence-corrected chi connectivity index (χ2v) is 4.34. The van der Waals surface area contributed by atoms with Crippen LogP contribution in [0.3, 0.4) is 0 Å². The summed E-state index contributed by atoms with van der Waals surface area (Å²) in [5, 5.41) is 8.07. The lowest BCUT2D eigenvalue weighted by Gasteiger charge is -2.06. The molecule has 3 nitrogen and oxygen atoms in total. The van der Waals surface area contributed by atoms with Crippen molar-refractivity contribution in [3.8, 4) is 0 Å². The van der Waals surface area contributed by atoms with Gasteiger partial charge in [0.1, 0.15) is 5.82 Å². The van der Waals surface area contributed by atoms with Crippen molar-refractivity contribution in [1.29, 1.82) is 0 Å². The zero-order valence-electron chi connectivity index (χ0n) is 9.79. The van der Waals surface area contributed by atoms with Crippen molar-refractivity contribution in [3.05, 3.63) is 11.8 Å². The Labute approximate surface area is 91.9 Å². The number of anilines is 1. The highest BCUT2D eigenvalue weighted by Crippen LogP contribution is 2.40. The largest absolute Gasteiger partial charge is 0.371 e. The molecule has 1 aliphatic rings. The average molecular weight is 207 g/mol. The summed E-state index contributed by atoms with van der Waals surface area (Å²) in [6.07, 6.45) is 5.10. The van der Waals surface area contributed by atoms with E-state index in [-0.39, 0.29) is 0 Å². The first-order valence-electron chi connectivity index (χ1n) is 6.16. The minimum Gasteiger partial charge on any atom is -0.371 e. The zero-order chi connectivity index (χ0) is 10.7. The van der Waals surface area contributed by atoms with Gasteiger partial charge in [0.15, 0.2) is 0 Å². The molecule has 1 saturated carbocycles. The van der Waals surface area contributed by atoms with Crippen LogP contribution in [0.2, 0.25) is 0 Å². The van der Waals surface area contributed by atoms with Crippen molar-refractivity contribution in [3.63, 3.8) is 0 Å². The van der Waals surface area contributed by atoms with E-state index >= 15 is 0 Å². The molecule has 1 N–H and O–H groups in total. The lowest BCUT2D eigenvalue weighted by Crippen LogP contribution is -2.07. The molecule has 1 fully saturated rings. The molecule has 84 valence electrons. The number of nitrogens with zero attached hydrogens (tertiary/aromatic N) is 2. The fraction of sp³-hybridized carbons (Fsp3) is 0.750. The van der Waals surface area contributed by atoms with Gasteiger partial charge in [-0.3, -0.25) is 0 Å². The van der Waals surface area contributed by atoms with E-state index in [1.165, 1.54) is 37.2 Å². The summed E-state index contributed by atoms with van der Waals surface area (Å²) in [5.41, 5.74) is 1.29. The normalized spacial score (nSPS) is 15.6. The molecule has 0 radical (unpaired) electrons. The lowest BCUT2D eigenvalue weighted by atomic mass is 10.3. The van der Waals surface area contributed by atoms with Crippen molar-refractivity contribution >= 4 is 5.82 Å². The molecule has 0 unspecified atom stereocenters. The SMILES string of the molecule is CCCCn1nc(C2CC2)cc1NCC. The summed E-state index contributed by atoms with van der Waals surface area (Å²) in [5.74, 6) is 1.96. The number of aromatic nitrogens is 2. The molecule has 0 amide bonds. The van der Waals surface area contributed by atoms with Crippen LogP contribution in [0.15, 0.2) is 6.07 Å².